The lowest BCUT2D eigenvalue weighted by atomic mass is 9.52. The summed E-state index contributed by atoms with van der Waals surface area (Å²) in [6.07, 6.45) is 10.0. The van der Waals surface area contributed by atoms with Crippen molar-refractivity contribution in [1.29, 1.82) is 0 Å². The molecule has 6 atom stereocenters. The third-order valence-electron chi connectivity index (χ3n) is 10.4. The van der Waals surface area contributed by atoms with Crippen LogP contribution in [0.1, 0.15) is 65.2 Å². The topological polar surface area (TPSA) is 69.7 Å². The highest BCUT2D eigenvalue weighted by molar-refractivity contribution is 5.43. The van der Waals surface area contributed by atoms with Crippen molar-refractivity contribution >= 4 is 0 Å². The number of hydrogen-bond acceptors (Lipinski definition) is 6. The first kappa shape index (κ1) is 19.0. The second kappa shape index (κ2) is 5.52. The summed E-state index contributed by atoms with van der Waals surface area (Å²) in [6, 6.07) is 0. The van der Waals surface area contributed by atoms with Gasteiger partial charge in [0.1, 0.15) is 16.8 Å². The average Bonchev–Trinajstić information content (AvgIpc) is 3.04. The minimum Gasteiger partial charge on any atom is -0.384 e. The highest BCUT2D eigenvalue weighted by Crippen LogP contribution is 2.74. The van der Waals surface area contributed by atoms with Crippen molar-refractivity contribution in [2.45, 2.75) is 93.6 Å². The van der Waals surface area contributed by atoms with Gasteiger partial charge in [-0.2, -0.15) is 0 Å². The van der Waals surface area contributed by atoms with Gasteiger partial charge in [0.05, 0.1) is 26.4 Å². The van der Waals surface area contributed by atoms with Gasteiger partial charge in [-0.25, -0.2) is 0 Å². The Kier molecular flexibility index (Phi) is 3.50. The summed E-state index contributed by atoms with van der Waals surface area (Å²) in [6.45, 7) is 6.76. The van der Waals surface area contributed by atoms with Gasteiger partial charge in [0.15, 0.2) is 11.6 Å². The summed E-state index contributed by atoms with van der Waals surface area (Å²) < 4.78 is 30.8. The van der Waals surface area contributed by atoms with E-state index in [1.165, 1.54) is 5.57 Å². The molecule has 6 unspecified atom stereocenters. The summed E-state index contributed by atoms with van der Waals surface area (Å²) >= 11 is 0. The zero-order chi connectivity index (χ0) is 20.5. The van der Waals surface area contributed by atoms with E-state index in [1.54, 1.807) is 0 Å². The molecule has 0 aromatic heterocycles. The largest absolute Gasteiger partial charge is 0.384 e. The third-order valence-corrected chi connectivity index (χ3v) is 10.4. The summed E-state index contributed by atoms with van der Waals surface area (Å²) in [5.74, 6) is -0.379. The Hall–Kier alpha value is -0.500. The van der Waals surface area contributed by atoms with Crippen LogP contribution in [0.4, 0.5) is 0 Å². The SMILES string of the molecule is CC1(C2(O)CCC3C4CCC56CC7(CCC5(O6)C4=CCC32C)OCCO7)OCCO1. The number of aliphatic hydroxyl groups is 1. The maximum Gasteiger partial charge on any atom is 0.195 e. The molecule has 3 heterocycles. The summed E-state index contributed by atoms with van der Waals surface area (Å²) in [5.41, 5.74) is 0.126. The molecular weight excluding hydrogens is 384 g/mol. The number of allylic oxidation sites excluding steroid dienone is 1. The number of rotatable bonds is 1. The lowest BCUT2D eigenvalue weighted by Gasteiger charge is -2.55. The molecule has 30 heavy (non-hydrogen) atoms. The van der Waals surface area contributed by atoms with Gasteiger partial charge in [-0.15, -0.1) is 0 Å². The van der Waals surface area contributed by atoms with Crippen molar-refractivity contribution in [2.75, 3.05) is 26.4 Å². The first-order valence-corrected chi connectivity index (χ1v) is 12.0. The van der Waals surface area contributed by atoms with E-state index in [0.29, 0.717) is 38.3 Å². The number of epoxide rings is 1. The molecule has 3 aliphatic heterocycles. The van der Waals surface area contributed by atoms with E-state index in [1.807, 2.05) is 6.92 Å². The molecule has 6 heteroatoms. The van der Waals surface area contributed by atoms with Crippen LogP contribution in [0, 0.1) is 17.3 Å². The molecule has 7 aliphatic rings. The maximum atomic E-state index is 12.0. The Morgan fingerprint density at radius 3 is 2.40 bits per heavy atom. The normalized spacial score (nSPS) is 54.8. The predicted molar refractivity (Wildman–Crippen MR) is 107 cm³/mol. The van der Waals surface area contributed by atoms with Crippen molar-refractivity contribution in [1.82, 2.24) is 0 Å². The Morgan fingerprint density at radius 2 is 1.63 bits per heavy atom. The molecule has 1 N–H and O–H groups in total. The third kappa shape index (κ3) is 1.95. The Morgan fingerprint density at radius 1 is 0.900 bits per heavy atom. The summed E-state index contributed by atoms with van der Waals surface area (Å²) in [7, 11) is 0. The van der Waals surface area contributed by atoms with E-state index >= 15 is 0 Å². The van der Waals surface area contributed by atoms with Crippen LogP contribution < -0.4 is 0 Å². The molecular formula is C24H34O6. The zero-order valence-corrected chi connectivity index (χ0v) is 18.2. The van der Waals surface area contributed by atoms with Crippen molar-refractivity contribution < 1.29 is 28.8 Å². The number of hydrogen-bond donors (Lipinski definition) is 1. The van der Waals surface area contributed by atoms with Crippen LogP contribution in [0.15, 0.2) is 11.6 Å². The first-order chi connectivity index (χ1) is 14.3. The minimum atomic E-state index is -0.956. The second-order valence-corrected chi connectivity index (χ2v) is 11.3. The fourth-order valence-corrected chi connectivity index (χ4v) is 8.85. The highest BCUT2D eigenvalue weighted by atomic mass is 16.8. The molecule has 4 aliphatic carbocycles. The average molecular weight is 419 g/mol. The zero-order valence-electron chi connectivity index (χ0n) is 18.2. The molecule has 0 aromatic carbocycles. The number of fused-ring (bicyclic) bond motifs is 3. The van der Waals surface area contributed by atoms with E-state index in [4.69, 9.17) is 23.7 Å². The molecule has 6 fully saturated rings. The van der Waals surface area contributed by atoms with Crippen LogP contribution in [0.5, 0.6) is 0 Å². The maximum absolute atomic E-state index is 12.0. The Balaban J connectivity index is 1.23. The van der Waals surface area contributed by atoms with Gasteiger partial charge in [0, 0.05) is 18.3 Å². The lowest BCUT2D eigenvalue weighted by molar-refractivity contribution is -0.293. The van der Waals surface area contributed by atoms with E-state index in [9.17, 15) is 5.11 Å². The minimum absolute atomic E-state index is 0.0930. The van der Waals surface area contributed by atoms with Gasteiger partial charge in [-0.1, -0.05) is 13.0 Å². The molecule has 3 saturated carbocycles. The van der Waals surface area contributed by atoms with Gasteiger partial charge >= 0.3 is 0 Å². The van der Waals surface area contributed by atoms with E-state index in [2.05, 4.69) is 13.0 Å². The first-order valence-electron chi connectivity index (χ1n) is 12.0. The second-order valence-electron chi connectivity index (χ2n) is 11.3. The summed E-state index contributed by atoms with van der Waals surface area (Å²) in [4.78, 5) is 0. The highest BCUT2D eigenvalue weighted by Gasteiger charge is 2.80. The molecule has 7 rings (SSSR count). The summed E-state index contributed by atoms with van der Waals surface area (Å²) in [5, 5.41) is 12.0. The van der Waals surface area contributed by atoms with Crippen molar-refractivity contribution in [3.63, 3.8) is 0 Å². The van der Waals surface area contributed by atoms with Crippen LogP contribution in [-0.2, 0) is 23.7 Å². The number of ether oxygens (including phenoxy) is 5. The van der Waals surface area contributed by atoms with Crippen molar-refractivity contribution in [3.8, 4) is 0 Å². The van der Waals surface area contributed by atoms with Gasteiger partial charge in [-0.05, 0) is 62.9 Å². The van der Waals surface area contributed by atoms with Gasteiger partial charge < -0.3 is 28.8 Å². The molecule has 0 bridgehead atoms. The Labute approximate surface area is 178 Å². The smallest absolute Gasteiger partial charge is 0.195 e. The fraction of sp³-hybridized carbons (Fsp3) is 0.917. The molecule has 1 spiro atoms. The molecule has 0 aromatic rings. The molecule has 166 valence electrons. The van der Waals surface area contributed by atoms with E-state index in [0.717, 1.165) is 51.4 Å². The fourth-order valence-electron chi connectivity index (χ4n) is 8.85. The van der Waals surface area contributed by atoms with Crippen LogP contribution >= 0.6 is 0 Å². The lowest BCUT2D eigenvalue weighted by Crippen LogP contribution is -2.62. The molecule has 0 amide bonds. The van der Waals surface area contributed by atoms with Gasteiger partial charge in [0.25, 0.3) is 0 Å². The van der Waals surface area contributed by atoms with E-state index < -0.39 is 17.2 Å². The van der Waals surface area contributed by atoms with Crippen LogP contribution in [0.25, 0.3) is 0 Å². The monoisotopic (exact) mass is 418 g/mol. The molecule has 6 nitrogen and oxygen atoms in total. The quantitative estimate of drug-likeness (QED) is 0.521. The van der Waals surface area contributed by atoms with E-state index in [-0.39, 0.29) is 16.6 Å². The standard InChI is InChI=1S/C24H34O6/c1-19-6-4-18-16(17(19)5-8-24(19,25)20(2)26-11-12-27-20)3-7-21-15-22(28-13-14-29-22)9-10-23(18,21)30-21/h4,16-17,25H,3,5-15H2,1-2H3. The van der Waals surface area contributed by atoms with Crippen molar-refractivity contribution in [2.24, 2.45) is 17.3 Å². The predicted octanol–water partition coefficient (Wildman–Crippen LogP) is 3.07. The van der Waals surface area contributed by atoms with Gasteiger partial charge in [0.2, 0.25) is 0 Å². The van der Waals surface area contributed by atoms with Crippen LogP contribution in [-0.4, -0.2) is 59.9 Å². The molecule has 0 radical (unpaired) electrons. The Bertz CT molecular complexity index is 813. The molecule has 3 saturated heterocycles. The van der Waals surface area contributed by atoms with Crippen molar-refractivity contribution in [3.05, 3.63) is 11.6 Å². The van der Waals surface area contributed by atoms with Crippen LogP contribution in [0.2, 0.25) is 0 Å². The van der Waals surface area contributed by atoms with Crippen LogP contribution in [0.3, 0.4) is 0 Å². The van der Waals surface area contributed by atoms with Gasteiger partial charge in [-0.3, -0.25) is 0 Å².